The maximum atomic E-state index is 13.3. The lowest BCUT2D eigenvalue weighted by molar-refractivity contribution is 0.102. The molecule has 0 bridgehead atoms. The first-order valence-electron chi connectivity index (χ1n) is 7.07. The summed E-state index contributed by atoms with van der Waals surface area (Å²) in [4.78, 5) is 14.4. The van der Waals surface area contributed by atoms with Crippen LogP contribution < -0.4 is 4.90 Å². The van der Waals surface area contributed by atoms with Gasteiger partial charge in [-0.25, -0.2) is 4.39 Å². The molecular formula is C18H16FNO. The van der Waals surface area contributed by atoms with Gasteiger partial charge < -0.3 is 4.90 Å². The van der Waals surface area contributed by atoms with Gasteiger partial charge in [0.25, 0.3) is 0 Å². The van der Waals surface area contributed by atoms with Gasteiger partial charge in [-0.15, -0.1) is 0 Å². The van der Waals surface area contributed by atoms with E-state index in [1.807, 2.05) is 47.5 Å². The fourth-order valence-corrected chi connectivity index (χ4v) is 2.56. The zero-order valence-corrected chi connectivity index (χ0v) is 11.6. The molecule has 21 heavy (non-hydrogen) atoms. The smallest absolute Gasteiger partial charge is 0.190 e. The molecule has 3 rings (SSSR count). The van der Waals surface area contributed by atoms with Crippen LogP contribution in [0.3, 0.4) is 0 Å². The highest BCUT2D eigenvalue weighted by Gasteiger charge is 2.18. The number of carbonyl (C=O) groups excluding carboxylic acids is 1. The lowest BCUT2D eigenvalue weighted by Gasteiger charge is -2.26. The van der Waals surface area contributed by atoms with Gasteiger partial charge in [-0.2, -0.15) is 0 Å². The predicted molar refractivity (Wildman–Crippen MR) is 81.8 cm³/mol. The largest absolute Gasteiger partial charge is 0.347 e. The maximum Gasteiger partial charge on any atom is 0.190 e. The third kappa shape index (κ3) is 3.02. The van der Waals surface area contributed by atoms with E-state index in [-0.39, 0.29) is 11.6 Å². The average molecular weight is 281 g/mol. The molecule has 0 N–H and O–H groups in total. The molecule has 0 saturated heterocycles. The summed E-state index contributed by atoms with van der Waals surface area (Å²) in [5, 5.41) is 0. The highest BCUT2D eigenvalue weighted by Crippen LogP contribution is 2.24. The molecule has 0 amide bonds. The Kier molecular flexibility index (Phi) is 3.82. The van der Waals surface area contributed by atoms with Crippen molar-refractivity contribution < 1.29 is 9.18 Å². The first-order chi connectivity index (χ1) is 10.2. The van der Waals surface area contributed by atoms with E-state index in [4.69, 9.17) is 0 Å². The Balaban J connectivity index is 1.88. The first kappa shape index (κ1) is 13.6. The van der Waals surface area contributed by atoms with Crippen LogP contribution in [0.15, 0.2) is 66.4 Å². The van der Waals surface area contributed by atoms with Crippen LogP contribution in [0, 0.1) is 5.82 Å². The summed E-state index contributed by atoms with van der Waals surface area (Å²) in [5.74, 6) is -0.209. The lowest BCUT2D eigenvalue weighted by atomic mass is 9.98. The van der Waals surface area contributed by atoms with Crippen LogP contribution in [-0.4, -0.2) is 12.3 Å². The molecule has 0 radical (unpaired) electrons. The quantitative estimate of drug-likeness (QED) is 0.786. The molecule has 0 unspecified atom stereocenters. The Labute approximate surface area is 123 Å². The number of nitrogens with zero attached hydrogens (tertiary/aromatic N) is 1. The van der Waals surface area contributed by atoms with E-state index in [0.29, 0.717) is 5.56 Å². The van der Waals surface area contributed by atoms with E-state index in [2.05, 4.69) is 0 Å². The van der Waals surface area contributed by atoms with Gasteiger partial charge in [0, 0.05) is 29.6 Å². The van der Waals surface area contributed by atoms with Gasteiger partial charge in [-0.1, -0.05) is 36.4 Å². The minimum Gasteiger partial charge on any atom is -0.347 e. The lowest BCUT2D eigenvalue weighted by Crippen LogP contribution is -2.24. The van der Waals surface area contributed by atoms with Gasteiger partial charge in [-0.3, -0.25) is 4.79 Å². The van der Waals surface area contributed by atoms with Crippen molar-refractivity contribution >= 4 is 11.5 Å². The van der Waals surface area contributed by atoms with Crippen molar-refractivity contribution in [3.05, 3.63) is 77.8 Å². The second-order valence-corrected chi connectivity index (χ2v) is 5.13. The SMILES string of the molecule is O=C(C1=CN(c2cccc(F)c2)CCC1)c1ccccc1. The van der Waals surface area contributed by atoms with E-state index in [1.165, 1.54) is 12.1 Å². The van der Waals surface area contributed by atoms with Crippen LogP contribution in [0.2, 0.25) is 0 Å². The van der Waals surface area contributed by atoms with Crippen LogP contribution in [0.4, 0.5) is 10.1 Å². The van der Waals surface area contributed by atoms with Crippen LogP contribution in [0.5, 0.6) is 0 Å². The molecule has 0 fully saturated rings. The Morgan fingerprint density at radius 2 is 1.86 bits per heavy atom. The summed E-state index contributed by atoms with van der Waals surface area (Å²) in [6.45, 7) is 0.801. The van der Waals surface area contributed by atoms with Crippen molar-refractivity contribution in [1.82, 2.24) is 0 Å². The number of anilines is 1. The van der Waals surface area contributed by atoms with Crippen molar-refractivity contribution in [3.8, 4) is 0 Å². The van der Waals surface area contributed by atoms with Crippen LogP contribution in [0.1, 0.15) is 23.2 Å². The summed E-state index contributed by atoms with van der Waals surface area (Å²) in [6, 6.07) is 15.7. The second kappa shape index (κ2) is 5.92. The second-order valence-electron chi connectivity index (χ2n) is 5.13. The molecule has 1 aliphatic rings. The summed E-state index contributed by atoms with van der Waals surface area (Å²) < 4.78 is 13.3. The third-order valence-corrected chi connectivity index (χ3v) is 3.62. The van der Waals surface area contributed by atoms with E-state index in [9.17, 15) is 9.18 Å². The number of rotatable bonds is 3. The highest BCUT2D eigenvalue weighted by atomic mass is 19.1. The number of hydrogen-bond donors (Lipinski definition) is 0. The van der Waals surface area contributed by atoms with Crippen molar-refractivity contribution in [2.75, 3.05) is 11.4 Å². The number of halogens is 1. The molecule has 0 atom stereocenters. The van der Waals surface area contributed by atoms with Gasteiger partial charge in [0.2, 0.25) is 0 Å². The molecule has 3 heteroatoms. The third-order valence-electron chi connectivity index (χ3n) is 3.62. The molecule has 0 saturated carbocycles. The number of Topliss-reactive ketones (excluding diaryl/α,β-unsaturated/α-hetero) is 1. The maximum absolute atomic E-state index is 13.3. The van der Waals surface area contributed by atoms with Gasteiger partial charge in [-0.05, 0) is 31.0 Å². The summed E-state index contributed by atoms with van der Waals surface area (Å²) >= 11 is 0. The number of benzene rings is 2. The Bertz CT molecular complexity index is 679. The van der Waals surface area contributed by atoms with Crippen molar-refractivity contribution in [3.63, 3.8) is 0 Å². The predicted octanol–water partition coefficient (Wildman–Crippen LogP) is 4.19. The van der Waals surface area contributed by atoms with E-state index >= 15 is 0 Å². The monoisotopic (exact) mass is 281 g/mol. The summed E-state index contributed by atoms with van der Waals surface area (Å²) in [5.41, 5.74) is 2.26. The van der Waals surface area contributed by atoms with Crippen LogP contribution in [-0.2, 0) is 0 Å². The summed E-state index contributed by atoms with van der Waals surface area (Å²) in [6.07, 6.45) is 3.51. The number of allylic oxidation sites excluding steroid dienone is 1. The van der Waals surface area contributed by atoms with Gasteiger partial charge >= 0.3 is 0 Å². The molecule has 2 aromatic carbocycles. The summed E-state index contributed by atoms with van der Waals surface area (Å²) in [7, 11) is 0. The molecule has 0 aliphatic carbocycles. The Hall–Kier alpha value is -2.42. The van der Waals surface area contributed by atoms with Crippen LogP contribution in [0.25, 0.3) is 0 Å². The molecule has 2 nitrogen and oxygen atoms in total. The first-order valence-corrected chi connectivity index (χ1v) is 7.07. The molecule has 2 aromatic rings. The van der Waals surface area contributed by atoms with E-state index in [1.54, 1.807) is 6.07 Å². The average Bonchev–Trinajstić information content (AvgIpc) is 2.55. The molecule has 0 spiro atoms. The van der Waals surface area contributed by atoms with Crippen LogP contribution >= 0.6 is 0 Å². The zero-order chi connectivity index (χ0) is 14.7. The minimum atomic E-state index is -0.262. The number of hydrogen-bond acceptors (Lipinski definition) is 2. The Morgan fingerprint density at radius 3 is 2.62 bits per heavy atom. The molecule has 1 heterocycles. The molecule has 106 valence electrons. The minimum absolute atomic E-state index is 0.0525. The van der Waals surface area contributed by atoms with Gasteiger partial charge in [0.1, 0.15) is 5.82 Å². The fraction of sp³-hybridized carbons (Fsp3) is 0.167. The van der Waals surface area contributed by atoms with Crippen molar-refractivity contribution in [1.29, 1.82) is 0 Å². The van der Waals surface area contributed by atoms with E-state index in [0.717, 1.165) is 30.6 Å². The Morgan fingerprint density at radius 1 is 1.05 bits per heavy atom. The zero-order valence-electron chi connectivity index (χ0n) is 11.6. The topological polar surface area (TPSA) is 20.3 Å². The normalized spacial score (nSPS) is 14.7. The standard InChI is InChI=1S/C18H16FNO/c19-16-9-4-10-17(12-16)20-11-5-8-15(13-20)18(21)14-6-2-1-3-7-14/h1-4,6-7,9-10,12-13H,5,8,11H2. The van der Waals surface area contributed by atoms with E-state index < -0.39 is 0 Å². The molecular weight excluding hydrogens is 265 g/mol. The van der Waals surface area contributed by atoms with Gasteiger partial charge in [0.15, 0.2) is 5.78 Å². The molecule has 0 aromatic heterocycles. The van der Waals surface area contributed by atoms with Gasteiger partial charge in [0.05, 0.1) is 0 Å². The fourth-order valence-electron chi connectivity index (χ4n) is 2.56. The molecule has 1 aliphatic heterocycles. The van der Waals surface area contributed by atoms with Crippen molar-refractivity contribution in [2.24, 2.45) is 0 Å². The number of carbonyl (C=O) groups is 1. The van der Waals surface area contributed by atoms with Crippen molar-refractivity contribution in [2.45, 2.75) is 12.8 Å². The highest BCUT2D eigenvalue weighted by molar-refractivity contribution is 6.09. The number of ketones is 1.